The van der Waals surface area contributed by atoms with Gasteiger partial charge in [-0.25, -0.2) is 4.99 Å². The van der Waals surface area contributed by atoms with Gasteiger partial charge in [-0.15, -0.1) is 13.2 Å². The number of amidine groups is 1. The van der Waals surface area contributed by atoms with E-state index in [2.05, 4.69) is 109 Å². The molecule has 1 saturated carbocycles. The molecule has 0 saturated heterocycles. The number of rotatable bonds is 8. The van der Waals surface area contributed by atoms with Crippen molar-refractivity contribution < 1.29 is 9.59 Å². The first-order valence-corrected chi connectivity index (χ1v) is 19.2. The summed E-state index contributed by atoms with van der Waals surface area (Å²) in [5.41, 5.74) is 7.83. The van der Waals surface area contributed by atoms with E-state index in [0.717, 1.165) is 49.9 Å². The number of nitrogens with one attached hydrogen (secondary N) is 2. The largest absolute Gasteiger partial charge is 0.364 e. The highest BCUT2D eigenvalue weighted by molar-refractivity contribution is 6.40. The zero-order chi connectivity index (χ0) is 38.5. The molecule has 3 unspecified atom stereocenters. The standard InChI is InChI=1S/C33H40N4O2.2C3H8.2C3H6/c1-6-9-24-17-26(14-12-20(24)3)34-22(5)35-32-28(7-2)31(38)29(33(39)36-30-16-21(30)4)19-37(32)27-15-13-23-10-8-11-25(23)18-27;4*1-3-2/h7,12-15,17-19,21-22,30,34H,6,8-11,16H2,1-5H3,(H,36,39);2*3H2,1-2H3;2*3H,1H2,2H3/b28-7-,35-32+;;;;. The monoisotopic (exact) mass is 697 g/mol. The molecule has 0 spiro atoms. The number of benzene rings is 2. The van der Waals surface area contributed by atoms with E-state index in [1.165, 1.54) is 35.1 Å². The van der Waals surface area contributed by atoms with E-state index < -0.39 is 0 Å². The minimum Gasteiger partial charge on any atom is -0.364 e. The Morgan fingerprint density at radius 2 is 1.57 bits per heavy atom. The normalized spacial score (nSPS) is 18.8. The molecule has 2 aliphatic carbocycles. The van der Waals surface area contributed by atoms with Crippen molar-refractivity contribution in [1.29, 1.82) is 0 Å². The van der Waals surface area contributed by atoms with E-state index in [1.807, 2.05) is 32.6 Å². The number of Topliss-reactive ketones (excluding diaryl/α,β-unsaturated/α-hetero) is 1. The van der Waals surface area contributed by atoms with Crippen LogP contribution in [0.4, 0.5) is 11.4 Å². The SMILES string of the molecule is C/C=C1/C(=O)C(C(=O)NC2CC2C)=CN(c2ccc3c(c2)CCC3)/C1=N/C(C)Nc1ccc(C)c(CCC)c1.C=CC.C=CC.CCC.CCC. The van der Waals surface area contributed by atoms with E-state index in [-0.39, 0.29) is 29.5 Å². The number of carbonyl (C=O) groups is 2. The summed E-state index contributed by atoms with van der Waals surface area (Å²) in [5.74, 6) is 0.406. The molecule has 51 heavy (non-hydrogen) atoms. The molecule has 3 aliphatic rings. The third-order valence-corrected chi connectivity index (χ3v) is 8.10. The molecule has 2 N–H and O–H groups in total. The number of aryl methyl sites for hydroxylation is 4. The van der Waals surface area contributed by atoms with Crippen LogP contribution in [0.15, 0.2) is 90.1 Å². The molecule has 6 nitrogen and oxygen atoms in total. The summed E-state index contributed by atoms with van der Waals surface area (Å²) in [7, 11) is 0. The van der Waals surface area contributed by atoms with Crippen LogP contribution in [0, 0.1) is 12.8 Å². The maximum absolute atomic E-state index is 13.6. The molecule has 0 radical (unpaired) electrons. The van der Waals surface area contributed by atoms with Gasteiger partial charge in [0.2, 0.25) is 5.78 Å². The molecule has 0 aromatic heterocycles. The van der Waals surface area contributed by atoms with Crippen LogP contribution in [-0.2, 0) is 28.9 Å². The fraction of sp³-hybridized carbons (Fsp3) is 0.489. The molecule has 3 atom stereocenters. The van der Waals surface area contributed by atoms with Gasteiger partial charge < -0.3 is 15.5 Å². The molecular formula is C45H68N4O2. The summed E-state index contributed by atoms with van der Waals surface area (Å²) >= 11 is 0. The highest BCUT2D eigenvalue weighted by Crippen LogP contribution is 2.33. The highest BCUT2D eigenvalue weighted by Gasteiger charge is 2.38. The topological polar surface area (TPSA) is 73.8 Å². The van der Waals surface area contributed by atoms with Crippen molar-refractivity contribution >= 4 is 28.9 Å². The predicted molar refractivity (Wildman–Crippen MR) is 223 cm³/mol. The van der Waals surface area contributed by atoms with Crippen molar-refractivity contribution in [3.05, 3.63) is 107 Å². The minimum absolute atomic E-state index is 0.139. The lowest BCUT2D eigenvalue weighted by Crippen LogP contribution is -2.42. The Labute approximate surface area is 311 Å². The molecule has 1 aliphatic heterocycles. The Bertz CT molecular complexity index is 1510. The average Bonchev–Trinajstić information content (AvgIpc) is 3.56. The Hall–Kier alpha value is -4.19. The van der Waals surface area contributed by atoms with Crippen molar-refractivity contribution in [2.75, 3.05) is 10.2 Å². The van der Waals surface area contributed by atoms with Crippen LogP contribution in [-0.4, -0.2) is 29.7 Å². The van der Waals surface area contributed by atoms with Crippen molar-refractivity contribution in [2.45, 2.75) is 140 Å². The summed E-state index contributed by atoms with van der Waals surface area (Å²) in [5, 5.41) is 6.55. The lowest BCUT2D eigenvalue weighted by Gasteiger charge is -2.30. The number of hydrogen-bond donors (Lipinski definition) is 2. The summed E-state index contributed by atoms with van der Waals surface area (Å²) in [4.78, 5) is 33.8. The lowest BCUT2D eigenvalue weighted by atomic mass is 9.96. The first-order valence-electron chi connectivity index (χ1n) is 19.2. The van der Waals surface area contributed by atoms with E-state index >= 15 is 0 Å². The van der Waals surface area contributed by atoms with Crippen LogP contribution < -0.4 is 15.5 Å². The molecule has 0 bridgehead atoms. The third-order valence-electron chi connectivity index (χ3n) is 8.10. The van der Waals surface area contributed by atoms with Gasteiger partial charge in [-0.2, -0.15) is 0 Å². The number of hydrogen-bond acceptors (Lipinski definition) is 4. The van der Waals surface area contributed by atoms with Crippen molar-refractivity contribution in [2.24, 2.45) is 10.9 Å². The second-order valence-corrected chi connectivity index (χ2v) is 13.4. The predicted octanol–water partition coefficient (Wildman–Crippen LogP) is 11.3. The third kappa shape index (κ3) is 14.2. The van der Waals surface area contributed by atoms with Crippen molar-refractivity contribution in [3.63, 3.8) is 0 Å². The molecule has 1 heterocycles. The second kappa shape index (κ2) is 24.1. The molecule has 2 aromatic rings. The van der Waals surface area contributed by atoms with Crippen LogP contribution >= 0.6 is 0 Å². The van der Waals surface area contributed by atoms with Crippen LogP contribution in [0.25, 0.3) is 0 Å². The number of carbonyl (C=O) groups excluding carboxylic acids is 2. The van der Waals surface area contributed by atoms with Gasteiger partial charge in [0.1, 0.15) is 17.6 Å². The maximum Gasteiger partial charge on any atom is 0.257 e. The van der Waals surface area contributed by atoms with Gasteiger partial charge in [-0.3, -0.25) is 9.59 Å². The first kappa shape index (κ1) is 44.8. The fourth-order valence-electron chi connectivity index (χ4n) is 5.61. The number of amides is 1. The van der Waals surface area contributed by atoms with Crippen molar-refractivity contribution in [1.82, 2.24) is 5.32 Å². The zero-order valence-corrected chi connectivity index (χ0v) is 33.8. The molecule has 1 amide bonds. The highest BCUT2D eigenvalue weighted by atomic mass is 16.2. The van der Waals surface area contributed by atoms with Gasteiger partial charge in [0.05, 0.1) is 5.57 Å². The van der Waals surface area contributed by atoms with E-state index in [9.17, 15) is 9.59 Å². The van der Waals surface area contributed by atoms with Crippen LogP contribution in [0.1, 0.15) is 124 Å². The Morgan fingerprint density at radius 3 is 2.12 bits per heavy atom. The second-order valence-electron chi connectivity index (χ2n) is 13.4. The number of anilines is 2. The van der Waals surface area contributed by atoms with Gasteiger partial charge in [0.25, 0.3) is 5.91 Å². The number of allylic oxidation sites excluding steroid dienone is 3. The fourth-order valence-corrected chi connectivity index (χ4v) is 5.61. The van der Waals surface area contributed by atoms with Gasteiger partial charge in [-0.05, 0) is 119 Å². The Balaban J connectivity index is 0.000000956. The maximum atomic E-state index is 13.6. The van der Waals surface area contributed by atoms with Gasteiger partial charge >= 0.3 is 0 Å². The zero-order valence-electron chi connectivity index (χ0n) is 33.8. The van der Waals surface area contributed by atoms with Crippen LogP contribution in [0.2, 0.25) is 0 Å². The number of fused-ring (bicyclic) bond motifs is 1. The van der Waals surface area contributed by atoms with Crippen molar-refractivity contribution in [3.8, 4) is 0 Å². The molecule has 2 aromatic carbocycles. The number of nitrogens with zero attached hydrogens (tertiary/aromatic N) is 2. The van der Waals surface area contributed by atoms with Crippen LogP contribution in [0.5, 0.6) is 0 Å². The summed E-state index contributed by atoms with van der Waals surface area (Å²) in [6.45, 7) is 29.3. The minimum atomic E-state index is -0.312. The van der Waals surface area contributed by atoms with Crippen LogP contribution in [0.3, 0.4) is 0 Å². The number of aliphatic imine (C=N–C) groups is 1. The molecule has 1 fully saturated rings. The van der Waals surface area contributed by atoms with Gasteiger partial charge in [0, 0.05) is 23.6 Å². The Morgan fingerprint density at radius 1 is 0.980 bits per heavy atom. The summed E-state index contributed by atoms with van der Waals surface area (Å²) in [6.07, 6.45) is 15.5. The lowest BCUT2D eigenvalue weighted by molar-refractivity contribution is -0.121. The van der Waals surface area contributed by atoms with E-state index in [4.69, 9.17) is 4.99 Å². The van der Waals surface area contributed by atoms with Gasteiger partial charge in [0.15, 0.2) is 0 Å². The summed E-state index contributed by atoms with van der Waals surface area (Å²) < 4.78 is 0. The number of ketones is 1. The molecular weight excluding hydrogens is 629 g/mol. The molecule has 280 valence electrons. The quantitative estimate of drug-likeness (QED) is 0.164. The summed E-state index contributed by atoms with van der Waals surface area (Å²) in [6, 6.07) is 13.0. The smallest absolute Gasteiger partial charge is 0.257 e. The first-order chi connectivity index (χ1) is 24.4. The van der Waals surface area contributed by atoms with Gasteiger partial charge in [-0.1, -0.05) is 91.2 Å². The average molecular weight is 697 g/mol. The van der Waals surface area contributed by atoms with E-state index in [0.29, 0.717) is 17.3 Å². The van der Waals surface area contributed by atoms with E-state index in [1.54, 1.807) is 24.4 Å². The molecule has 6 heteroatoms. The Kier molecular flexibility index (Phi) is 21.2. The molecule has 5 rings (SSSR count).